The predicted octanol–water partition coefficient (Wildman–Crippen LogP) is 1.43. The van der Waals surface area contributed by atoms with Gasteiger partial charge in [-0.3, -0.25) is 9.59 Å². The van der Waals surface area contributed by atoms with Crippen LogP contribution in [0.3, 0.4) is 0 Å². The Bertz CT molecular complexity index is 253. The lowest BCUT2D eigenvalue weighted by atomic mass is 10.5. The minimum absolute atomic E-state index is 0.222. The highest BCUT2D eigenvalue weighted by molar-refractivity contribution is 6.79. The Labute approximate surface area is 103 Å². The molecule has 0 aliphatic rings. The Morgan fingerprint density at radius 3 is 1.47 bits per heavy atom. The molecule has 0 fully saturated rings. The quantitative estimate of drug-likeness (QED) is 0.347. The van der Waals surface area contributed by atoms with Crippen molar-refractivity contribution in [3.63, 3.8) is 0 Å². The van der Waals surface area contributed by atoms with Gasteiger partial charge in [-0.2, -0.15) is 0 Å². The summed E-state index contributed by atoms with van der Waals surface area (Å²) in [5, 5.41) is 35.5. The number of rotatable bonds is 3. The van der Waals surface area contributed by atoms with E-state index >= 15 is 0 Å². The minimum atomic E-state index is -0.745. The Morgan fingerprint density at radius 2 is 1.41 bits per heavy atom. The number of oxime groups is 2. The molecule has 0 rings (SSSR count). The molecule has 0 radical (unpaired) electrons. The van der Waals surface area contributed by atoms with E-state index in [9.17, 15) is 9.59 Å². The molecule has 0 aromatic heterocycles. The van der Waals surface area contributed by atoms with Crippen LogP contribution in [0.5, 0.6) is 0 Å². The molecular formula is C8H15ClN2O6. The number of carboxylic acid groups (broad SMARTS) is 2. The summed E-state index contributed by atoms with van der Waals surface area (Å²) in [6.45, 7) is 3.20. The summed E-state index contributed by atoms with van der Waals surface area (Å²) in [5.74, 6) is -1.49. The Morgan fingerprint density at radius 1 is 1.12 bits per heavy atom. The fourth-order valence-electron chi connectivity index (χ4n) is 0.0735. The van der Waals surface area contributed by atoms with Crippen LogP contribution < -0.4 is 0 Å². The third-order valence-corrected chi connectivity index (χ3v) is 1.04. The molecule has 0 aliphatic heterocycles. The van der Waals surface area contributed by atoms with Crippen molar-refractivity contribution in [2.45, 2.75) is 26.7 Å². The predicted molar refractivity (Wildman–Crippen MR) is 61.2 cm³/mol. The number of carbonyl (C=O) groups is 2. The molecule has 0 heterocycles. The van der Waals surface area contributed by atoms with Crippen LogP contribution in [0.2, 0.25) is 0 Å². The fourth-order valence-corrected chi connectivity index (χ4v) is 0.117. The van der Waals surface area contributed by atoms with Crippen molar-refractivity contribution in [1.29, 1.82) is 0 Å². The molecule has 0 atom stereocenters. The smallest absolute Gasteiger partial charge is 0.303 e. The van der Waals surface area contributed by atoms with Gasteiger partial charge in [0.1, 0.15) is 6.21 Å². The zero-order valence-corrected chi connectivity index (χ0v) is 10.1. The molecule has 0 saturated carbocycles. The molecule has 0 unspecified atom stereocenters. The SMILES string of the molecule is CCC(=O)O.CCC(=O)O.ON=CC(Cl)=NO. The van der Waals surface area contributed by atoms with Crippen LogP contribution in [-0.2, 0) is 9.59 Å². The van der Waals surface area contributed by atoms with Crippen molar-refractivity contribution in [3.05, 3.63) is 0 Å². The lowest BCUT2D eigenvalue weighted by Crippen LogP contribution is -1.86. The molecule has 8 nitrogen and oxygen atoms in total. The topological polar surface area (TPSA) is 140 Å². The molecule has 0 aromatic rings. The van der Waals surface area contributed by atoms with Crippen molar-refractivity contribution in [3.8, 4) is 0 Å². The van der Waals surface area contributed by atoms with E-state index in [1.807, 2.05) is 0 Å². The van der Waals surface area contributed by atoms with Crippen LogP contribution in [0, 0.1) is 0 Å². The third-order valence-electron chi connectivity index (χ3n) is 0.865. The second-order valence-corrected chi connectivity index (χ2v) is 2.55. The monoisotopic (exact) mass is 270 g/mol. The molecule has 0 amide bonds. The van der Waals surface area contributed by atoms with Crippen LogP contribution in [0.4, 0.5) is 0 Å². The molecule has 100 valence electrons. The Kier molecular flexibility index (Phi) is 20.1. The van der Waals surface area contributed by atoms with Gasteiger partial charge in [0.25, 0.3) is 0 Å². The maximum absolute atomic E-state index is 9.37. The number of nitrogens with zero attached hydrogens (tertiary/aromatic N) is 2. The van der Waals surface area contributed by atoms with Gasteiger partial charge in [-0.05, 0) is 0 Å². The van der Waals surface area contributed by atoms with Crippen LogP contribution in [0.15, 0.2) is 10.3 Å². The van der Waals surface area contributed by atoms with Gasteiger partial charge < -0.3 is 20.6 Å². The van der Waals surface area contributed by atoms with E-state index in [1.165, 1.54) is 0 Å². The first-order valence-corrected chi connectivity index (χ1v) is 4.71. The van der Waals surface area contributed by atoms with Gasteiger partial charge in [0.15, 0.2) is 5.17 Å². The van der Waals surface area contributed by atoms with Crippen molar-refractivity contribution in [1.82, 2.24) is 0 Å². The van der Waals surface area contributed by atoms with Gasteiger partial charge in [-0.15, -0.1) is 0 Å². The van der Waals surface area contributed by atoms with Crippen molar-refractivity contribution in [2.24, 2.45) is 10.3 Å². The van der Waals surface area contributed by atoms with Crippen molar-refractivity contribution in [2.75, 3.05) is 0 Å². The van der Waals surface area contributed by atoms with E-state index in [0.29, 0.717) is 0 Å². The van der Waals surface area contributed by atoms with Gasteiger partial charge in [0, 0.05) is 12.8 Å². The molecule has 0 aromatic carbocycles. The summed E-state index contributed by atoms with van der Waals surface area (Å²) in [4.78, 5) is 18.7. The van der Waals surface area contributed by atoms with Gasteiger partial charge in [0.05, 0.1) is 0 Å². The summed E-state index contributed by atoms with van der Waals surface area (Å²) >= 11 is 4.96. The molecule has 17 heavy (non-hydrogen) atoms. The molecule has 9 heteroatoms. The highest BCUT2D eigenvalue weighted by atomic mass is 35.5. The molecule has 0 aliphatic carbocycles. The average molecular weight is 271 g/mol. The van der Waals surface area contributed by atoms with Gasteiger partial charge in [-0.25, -0.2) is 0 Å². The number of hydrogen-bond donors (Lipinski definition) is 4. The average Bonchev–Trinajstić information content (AvgIpc) is 2.30. The molecule has 0 bridgehead atoms. The van der Waals surface area contributed by atoms with E-state index in [-0.39, 0.29) is 18.0 Å². The van der Waals surface area contributed by atoms with E-state index in [2.05, 4.69) is 10.3 Å². The highest BCUT2D eigenvalue weighted by Gasteiger charge is 1.82. The first-order chi connectivity index (χ1) is 7.85. The van der Waals surface area contributed by atoms with E-state index < -0.39 is 11.9 Å². The number of halogens is 1. The highest BCUT2D eigenvalue weighted by Crippen LogP contribution is 1.76. The zero-order valence-electron chi connectivity index (χ0n) is 9.37. The fraction of sp³-hybridized carbons (Fsp3) is 0.500. The Balaban J connectivity index is -0.000000177. The second-order valence-electron chi connectivity index (χ2n) is 2.16. The second kappa shape index (κ2) is 16.6. The Hall–Kier alpha value is -1.83. The summed E-state index contributed by atoms with van der Waals surface area (Å²) in [5.41, 5.74) is 0. The first-order valence-electron chi connectivity index (χ1n) is 4.34. The normalized spacial score (nSPS) is 9.71. The van der Waals surface area contributed by atoms with Crippen molar-refractivity contribution >= 4 is 34.9 Å². The van der Waals surface area contributed by atoms with Gasteiger partial charge in [-0.1, -0.05) is 35.8 Å². The maximum Gasteiger partial charge on any atom is 0.303 e. The van der Waals surface area contributed by atoms with Crippen LogP contribution >= 0.6 is 11.6 Å². The number of hydrogen-bond acceptors (Lipinski definition) is 6. The zero-order chi connectivity index (χ0) is 14.3. The van der Waals surface area contributed by atoms with Gasteiger partial charge >= 0.3 is 11.9 Å². The lowest BCUT2D eigenvalue weighted by Gasteiger charge is -1.74. The number of aliphatic carboxylic acids is 2. The van der Waals surface area contributed by atoms with Crippen LogP contribution in [-0.4, -0.2) is 44.0 Å². The summed E-state index contributed by atoms with van der Waals surface area (Å²) in [7, 11) is 0. The summed E-state index contributed by atoms with van der Waals surface area (Å²) in [6.07, 6.45) is 1.24. The van der Waals surface area contributed by atoms with E-state index in [1.54, 1.807) is 13.8 Å². The number of carboxylic acids is 2. The van der Waals surface area contributed by atoms with E-state index in [0.717, 1.165) is 6.21 Å². The van der Waals surface area contributed by atoms with E-state index in [4.69, 9.17) is 32.2 Å². The van der Waals surface area contributed by atoms with Crippen LogP contribution in [0.25, 0.3) is 0 Å². The molecule has 4 N–H and O–H groups in total. The van der Waals surface area contributed by atoms with Gasteiger partial charge in [0.2, 0.25) is 0 Å². The third kappa shape index (κ3) is 40.8. The molecule has 0 saturated heterocycles. The molecule has 0 spiro atoms. The largest absolute Gasteiger partial charge is 0.481 e. The summed E-state index contributed by atoms with van der Waals surface area (Å²) < 4.78 is 0. The minimum Gasteiger partial charge on any atom is -0.481 e. The standard InChI is InChI=1S/2C3H6O2.C2H3ClN2O2/c2*1-2-3(4)5;3-2(5-7)1-4-6/h2*2H2,1H3,(H,4,5);1,6-7H. The van der Waals surface area contributed by atoms with Crippen molar-refractivity contribution < 1.29 is 30.2 Å². The van der Waals surface area contributed by atoms with Crippen LogP contribution in [0.1, 0.15) is 26.7 Å². The lowest BCUT2D eigenvalue weighted by molar-refractivity contribution is -0.137. The first kappa shape index (κ1) is 20.6. The maximum atomic E-state index is 9.37. The summed E-state index contributed by atoms with van der Waals surface area (Å²) in [6, 6.07) is 0. The molecular weight excluding hydrogens is 256 g/mol.